The number of aliphatic hydroxyl groups excluding tert-OH is 1. The van der Waals surface area contributed by atoms with E-state index < -0.39 is 47.0 Å². The monoisotopic (exact) mass is 361 g/mol. The average molecular weight is 361 g/mol. The second-order valence-corrected chi connectivity index (χ2v) is 8.64. The highest BCUT2D eigenvalue weighted by Crippen LogP contribution is 2.15. The van der Waals surface area contributed by atoms with Crippen LogP contribution in [0.4, 0.5) is 4.79 Å². The number of ether oxygens (including phenoxy) is 3. The minimum atomic E-state index is -1.94. The fourth-order valence-corrected chi connectivity index (χ4v) is 1.56. The Morgan fingerprint density at radius 2 is 1.08 bits per heavy atom. The van der Waals surface area contributed by atoms with Gasteiger partial charge in [0.1, 0.15) is 16.8 Å². The van der Waals surface area contributed by atoms with Crippen LogP contribution in [0.5, 0.6) is 0 Å². The molecule has 0 rings (SSSR count). The lowest BCUT2D eigenvalue weighted by molar-refractivity contribution is -0.175. The SMILES string of the molecule is CC(C)(C)OC(=O)N[C@H](C(=O)OC(C)(C)C)[C@H](O)C(=O)OC(C)(C)C. The number of esters is 2. The molecule has 2 N–H and O–H groups in total. The van der Waals surface area contributed by atoms with Gasteiger partial charge in [0.25, 0.3) is 0 Å². The molecule has 0 fully saturated rings. The molecule has 0 aromatic rings. The summed E-state index contributed by atoms with van der Waals surface area (Å²) >= 11 is 0. The number of carbonyl (C=O) groups is 3. The van der Waals surface area contributed by atoms with E-state index in [0.29, 0.717) is 0 Å². The predicted molar refractivity (Wildman–Crippen MR) is 90.9 cm³/mol. The van der Waals surface area contributed by atoms with Gasteiger partial charge in [0.15, 0.2) is 12.1 Å². The van der Waals surface area contributed by atoms with E-state index in [1.54, 1.807) is 62.3 Å². The van der Waals surface area contributed by atoms with E-state index >= 15 is 0 Å². The maximum atomic E-state index is 12.3. The maximum absolute atomic E-state index is 12.3. The van der Waals surface area contributed by atoms with Crippen LogP contribution in [0.25, 0.3) is 0 Å². The molecule has 0 saturated heterocycles. The average Bonchev–Trinajstić information content (AvgIpc) is 2.28. The Morgan fingerprint density at radius 1 is 0.720 bits per heavy atom. The van der Waals surface area contributed by atoms with Crippen LogP contribution in [-0.2, 0) is 23.8 Å². The summed E-state index contributed by atoms with van der Waals surface area (Å²) in [5.41, 5.74) is -2.57. The molecule has 0 radical (unpaired) electrons. The smallest absolute Gasteiger partial charge is 0.408 e. The van der Waals surface area contributed by atoms with E-state index in [2.05, 4.69) is 5.32 Å². The third-order valence-electron chi connectivity index (χ3n) is 2.30. The van der Waals surface area contributed by atoms with Gasteiger partial charge in [-0.1, -0.05) is 0 Å². The number of carbonyl (C=O) groups excluding carboxylic acids is 3. The topological polar surface area (TPSA) is 111 Å². The van der Waals surface area contributed by atoms with Crippen molar-refractivity contribution in [3.63, 3.8) is 0 Å². The number of rotatable bonds is 4. The van der Waals surface area contributed by atoms with Gasteiger partial charge in [0.2, 0.25) is 0 Å². The molecule has 8 nitrogen and oxygen atoms in total. The Kier molecular flexibility index (Phi) is 7.44. The standard InChI is InChI=1S/C17H31NO7/c1-15(2,3)23-12(20)10(18-14(22)25-17(7,8)9)11(19)13(21)24-16(4,5)6/h10-11,19H,1-9H3,(H,18,22)/t10-,11-/m0/s1. The maximum Gasteiger partial charge on any atom is 0.408 e. The Morgan fingerprint density at radius 3 is 1.44 bits per heavy atom. The van der Waals surface area contributed by atoms with E-state index in [9.17, 15) is 19.5 Å². The molecule has 146 valence electrons. The minimum absolute atomic E-state index is 0.820. The number of aliphatic hydroxyl groups is 1. The Balaban J connectivity index is 5.35. The fraction of sp³-hybridized carbons (Fsp3) is 0.824. The van der Waals surface area contributed by atoms with E-state index in [1.165, 1.54) is 0 Å². The number of amides is 1. The van der Waals surface area contributed by atoms with Crippen LogP contribution in [0.2, 0.25) is 0 Å². The van der Waals surface area contributed by atoms with Gasteiger partial charge in [-0.05, 0) is 62.3 Å². The predicted octanol–water partition coefficient (Wildman–Crippen LogP) is 1.92. The first-order chi connectivity index (χ1) is 10.9. The molecule has 8 heteroatoms. The Labute approximate surface area is 149 Å². The van der Waals surface area contributed by atoms with Crippen LogP contribution in [0.15, 0.2) is 0 Å². The van der Waals surface area contributed by atoms with E-state index in [1.807, 2.05) is 0 Å². The Bertz CT molecular complexity index is 495. The summed E-state index contributed by atoms with van der Waals surface area (Å²) in [7, 11) is 0. The first-order valence-corrected chi connectivity index (χ1v) is 8.04. The molecule has 0 unspecified atom stereocenters. The summed E-state index contributed by atoms with van der Waals surface area (Å²) in [6.07, 6.45) is -2.91. The third kappa shape index (κ3) is 10.6. The number of hydrogen-bond donors (Lipinski definition) is 2. The van der Waals surface area contributed by atoms with Gasteiger partial charge in [-0.25, -0.2) is 14.4 Å². The van der Waals surface area contributed by atoms with Gasteiger partial charge < -0.3 is 24.6 Å². The van der Waals surface area contributed by atoms with Gasteiger partial charge in [-0.3, -0.25) is 0 Å². The molecule has 2 atom stereocenters. The van der Waals surface area contributed by atoms with Gasteiger partial charge in [0.05, 0.1) is 0 Å². The zero-order valence-electron chi connectivity index (χ0n) is 16.6. The van der Waals surface area contributed by atoms with Crippen LogP contribution in [-0.4, -0.2) is 52.1 Å². The molecule has 0 saturated carbocycles. The van der Waals surface area contributed by atoms with Gasteiger partial charge >= 0.3 is 18.0 Å². The van der Waals surface area contributed by atoms with Gasteiger partial charge in [-0.2, -0.15) is 0 Å². The van der Waals surface area contributed by atoms with Crippen molar-refractivity contribution in [3.8, 4) is 0 Å². The molecule has 0 aromatic carbocycles. The quantitative estimate of drug-likeness (QED) is 0.581. The lowest BCUT2D eigenvalue weighted by Gasteiger charge is -2.29. The van der Waals surface area contributed by atoms with Crippen LogP contribution < -0.4 is 5.32 Å². The second-order valence-electron chi connectivity index (χ2n) is 8.64. The van der Waals surface area contributed by atoms with E-state index in [-0.39, 0.29) is 0 Å². The third-order valence-corrected chi connectivity index (χ3v) is 2.30. The highest BCUT2D eigenvalue weighted by atomic mass is 16.6. The van der Waals surface area contributed by atoms with Crippen LogP contribution in [0, 0.1) is 0 Å². The van der Waals surface area contributed by atoms with Crippen molar-refractivity contribution in [2.45, 2.75) is 91.3 Å². The molecular formula is C17H31NO7. The molecule has 0 bridgehead atoms. The summed E-state index contributed by atoms with van der Waals surface area (Å²) in [4.78, 5) is 36.3. The van der Waals surface area contributed by atoms with Crippen molar-refractivity contribution in [2.75, 3.05) is 0 Å². The Hall–Kier alpha value is -1.83. The molecule has 0 spiro atoms. The van der Waals surface area contributed by atoms with Gasteiger partial charge in [-0.15, -0.1) is 0 Å². The number of hydrogen-bond acceptors (Lipinski definition) is 7. The zero-order valence-corrected chi connectivity index (χ0v) is 16.6. The molecule has 1 amide bonds. The fourth-order valence-electron chi connectivity index (χ4n) is 1.56. The van der Waals surface area contributed by atoms with Crippen LogP contribution in [0.3, 0.4) is 0 Å². The summed E-state index contributed by atoms with van der Waals surface area (Å²) < 4.78 is 15.3. The molecule has 25 heavy (non-hydrogen) atoms. The molecule has 0 aliphatic rings. The molecule has 0 aliphatic carbocycles. The summed E-state index contributed by atoms with van der Waals surface area (Å²) in [6.45, 7) is 14.6. The summed E-state index contributed by atoms with van der Waals surface area (Å²) in [5.74, 6) is -2.03. The number of nitrogens with one attached hydrogen (secondary N) is 1. The molecule has 0 heterocycles. The van der Waals surface area contributed by atoms with Crippen molar-refractivity contribution in [1.29, 1.82) is 0 Å². The first kappa shape index (κ1) is 23.2. The van der Waals surface area contributed by atoms with Crippen molar-refractivity contribution in [2.24, 2.45) is 0 Å². The van der Waals surface area contributed by atoms with Crippen molar-refractivity contribution >= 4 is 18.0 Å². The highest BCUT2D eigenvalue weighted by Gasteiger charge is 2.39. The summed E-state index contributed by atoms with van der Waals surface area (Å²) in [6, 6.07) is -1.66. The highest BCUT2D eigenvalue weighted by molar-refractivity contribution is 5.89. The summed E-state index contributed by atoms with van der Waals surface area (Å²) in [5, 5.41) is 12.4. The van der Waals surface area contributed by atoms with Crippen LogP contribution >= 0.6 is 0 Å². The van der Waals surface area contributed by atoms with Crippen molar-refractivity contribution in [1.82, 2.24) is 5.32 Å². The number of alkyl carbamates (subject to hydrolysis) is 1. The van der Waals surface area contributed by atoms with E-state index in [4.69, 9.17) is 14.2 Å². The molecule has 0 aromatic heterocycles. The normalized spacial score (nSPS) is 15.0. The second kappa shape index (κ2) is 8.03. The zero-order chi connectivity index (χ0) is 20.2. The molecular weight excluding hydrogens is 330 g/mol. The first-order valence-electron chi connectivity index (χ1n) is 8.04. The lowest BCUT2D eigenvalue weighted by Crippen LogP contribution is -2.55. The van der Waals surface area contributed by atoms with Crippen molar-refractivity contribution in [3.05, 3.63) is 0 Å². The lowest BCUT2D eigenvalue weighted by atomic mass is 10.1. The minimum Gasteiger partial charge on any atom is -0.458 e. The van der Waals surface area contributed by atoms with Gasteiger partial charge in [0, 0.05) is 0 Å². The molecule has 0 aliphatic heterocycles. The van der Waals surface area contributed by atoms with Crippen LogP contribution in [0.1, 0.15) is 62.3 Å². The van der Waals surface area contributed by atoms with Crippen molar-refractivity contribution < 1.29 is 33.7 Å². The van der Waals surface area contributed by atoms with E-state index in [0.717, 1.165) is 0 Å². The largest absolute Gasteiger partial charge is 0.458 e.